The molecule has 0 bridgehead atoms. The summed E-state index contributed by atoms with van der Waals surface area (Å²) in [7, 11) is 0. The Morgan fingerprint density at radius 3 is 2.20 bits per heavy atom. The van der Waals surface area contributed by atoms with Gasteiger partial charge in [0.15, 0.2) is 0 Å². The molecule has 62 valence electrons. The van der Waals surface area contributed by atoms with Gasteiger partial charge in [0, 0.05) is 5.25 Å². The van der Waals surface area contributed by atoms with E-state index in [0.717, 1.165) is 0 Å². The average molecular weight is 178 g/mol. The van der Waals surface area contributed by atoms with Crippen LogP contribution in [-0.4, -0.2) is 10.5 Å². The second-order valence-corrected chi connectivity index (χ2v) is 4.45. The molecule has 10 heavy (non-hydrogen) atoms. The maximum atomic E-state index is 4.41. The molecule has 0 heterocycles. The fourth-order valence-corrected chi connectivity index (χ4v) is 1.22. The van der Waals surface area contributed by atoms with E-state index in [9.17, 15) is 0 Å². The van der Waals surface area contributed by atoms with Crippen LogP contribution >= 0.6 is 25.3 Å². The molecular weight excluding hydrogens is 160 g/mol. The molecule has 2 unspecified atom stereocenters. The fourth-order valence-electron chi connectivity index (χ4n) is 0.853. The lowest BCUT2D eigenvalue weighted by Gasteiger charge is -2.07. The number of rotatable bonds is 5. The van der Waals surface area contributed by atoms with Crippen molar-refractivity contribution >= 4 is 25.3 Å². The van der Waals surface area contributed by atoms with Crippen LogP contribution in [0.15, 0.2) is 0 Å². The van der Waals surface area contributed by atoms with Gasteiger partial charge < -0.3 is 0 Å². The zero-order chi connectivity index (χ0) is 7.98. The first kappa shape index (κ1) is 10.7. The van der Waals surface area contributed by atoms with Crippen LogP contribution in [0.25, 0.3) is 0 Å². The van der Waals surface area contributed by atoms with Gasteiger partial charge in [-0.25, -0.2) is 0 Å². The van der Waals surface area contributed by atoms with E-state index in [1.165, 1.54) is 25.7 Å². The Morgan fingerprint density at radius 2 is 1.80 bits per heavy atom. The first-order valence-corrected chi connectivity index (χ1v) is 5.06. The average Bonchev–Trinajstić information content (AvgIpc) is 1.87. The quantitative estimate of drug-likeness (QED) is 0.594. The van der Waals surface area contributed by atoms with Crippen LogP contribution in [0, 0.1) is 0 Å². The van der Waals surface area contributed by atoms with E-state index >= 15 is 0 Å². The van der Waals surface area contributed by atoms with Crippen LogP contribution < -0.4 is 0 Å². The Bertz CT molecular complexity index is 71.7. The molecule has 0 spiro atoms. The molecule has 0 amide bonds. The predicted octanol–water partition coefficient (Wildman–Crippen LogP) is 3.18. The van der Waals surface area contributed by atoms with Crippen molar-refractivity contribution < 1.29 is 0 Å². The van der Waals surface area contributed by atoms with E-state index in [1.807, 2.05) is 0 Å². The van der Waals surface area contributed by atoms with Crippen LogP contribution in [0.4, 0.5) is 0 Å². The highest BCUT2D eigenvalue weighted by atomic mass is 32.1. The third-order valence-corrected chi connectivity index (χ3v) is 2.51. The number of hydrogen-bond acceptors (Lipinski definition) is 2. The molecule has 0 aliphatic rings. The smallest absolute Gasteiger partial charge is 0.00141 e. The van der Waals surface area contributed by atoms with Crippen LogP contribution in [0.3, 0.4) is 0 Å². The molecule has 0 N–H and O–H groups in total. The minimum absolute atomic E-state index is 0.553. The van der Waals surface area contributed by atoms with Gasteiger partial charge in [-0.05, 0) is 24.5 Å². The van der Waals surface area contributed by atoms with E-state index in [4.69, 9.17) is 0 Å². The lowest BCUT2D eigenvalue weighted by molar-refractivity contribution is 0.646. The Labute approximate surface area is 75.6 Å². The Hall–Kier alpha value is 0.700. The van der Waals surface area contributed by atoms with Crippen LogP contribution in [0.5, 0.6) is 0 Å². The van der Waals surface area contributed by atoms with Crippen LogP contribution in [0.2, 0.25) is 0 Å². The first-order chi connectivity index (χ1) is 4.66. The summed E-state index contributed by atoms with van der Waals surface area (Å²) >= 11 is 8.71. The van der Waals surface area contributed by atoms with Crippen molar-refractivity contribution in [1.29, 1.82) is 0 Å². The number of thiol groups is 2. The topological polar surface area (TPSA) is 0 Å². The summed E-state index contributed by atoms with van der Waals surface area (Å²) in [5.41, 5.74) is 0. The fraction of sp³-hybridized carbons (Fsp3) is 1.00. The zero-order valence-electron chi connectivity index (χ0n) is 6.88. The van der Waals surface area contributed by atoms with Crippen molar-refractivity contribution in [3.05, 3.63) is 0 Å². The second kappa shape index (κ2) is 6.41. The molecule has 0 nitrogen and oxygen atoms in total. The van der Waals surface area contributed by atoms with E-state index in [2.05, 4.69) is 39.1 Å². The van der Waals surface area contributed by atoms with Gasteiger partial charge in [0.2, 0.25) is 0 Å². The van der Waals surface area contributed by atoms with Crippen molar-refractivity contribution in [1.82, 2.24) is 0 Å². The molecule has 0 fully saturated rings. The highest BCUT2D eigenvalue weighted by molar-refractivity contribution is 7.81. The summed E-state index contributed by atoms with van der Waals surface area (Å²) in [5, 5.41) is 1.16. The highest BCUT2D eigenvalue weighted by Crippen LogP contribution is 2.13. The van der Waals surface area contributed by atoms with Gasteiger partial charge in [-0.15, -0.1) is 0 Å². The maximum absolute atomic E-state index is 4.41. The van der Waals surface area contributed by atoms with Crippen LogP contribution in [-0.2, 0) is 0 Å². The SMILES string of the molecule is CCC(S)CCCC(C)S. The number of hydrogen-bond donors (Lipinski definition) is 2. The van der Waals surface area contributed by atoms with Gasteiger partial charge >= 0.3 is 0 Å². The van der Waals surface area contributed by atoms with E-state index in [1.54, 1.807) is 0 Å². The monoisotopic (exact) mass is 178 g/mol. The summed E-state index contributed by atoms with van der Waals surface area (Å²) in [6.07, 6.45) is 4.92. The minimum Gasteiger partial charge on any atom is -0.176 e. The Balaban J connectivity index is 3.03. The van der Waals surface area contributed by atoms with Crippen molar-refractivity contribution in [2.75, 3.05) is 0 Å². The molecule has 0 saturated heterocycles. The zero-order valence-corrected chi connectivity index (χ0v) is 8.67. The van der Waals surface area contributed by atoms with Gasteiger partial charge in [-0.3, -0.25) is 0 Å². The van der Waals surface area contributed by atoms with E-state index in [-0.39, 0.29) is 0 Å². The lowest BCUT2D eigenvalue weighted by Crippen LogP contribution is -1.98. The molecule has 0 aliphatic carbocycles. The molecule has 0 radical (unpaired) electrons. The second-order valence-electron chi connectivity index (χ2n) is 2.84. The molecule has 0 aromatic carbocycles. The molecule has 2 heteroatoms. The van der Waals surface area contributed by atoms with Crippen molar-refractivity contribution in [2.45, 2.75) is 50.0 Å². The summed E-state index contributed by atoms with van der Waals surface area (Å²) in [6.45, 7) is 4.32. The molecule has 0 aromatic heterocycles. The molecule has 0 aromatic rings. The normalized spacial score (nSPS) is 16.8. The van der Waals surface area contributed by atoms with Gasteiger partial charge in [0.05, 0.1) is 0 Å². The first-order valence-electron chi connectivity index (χ1n) is 4.03. The van der Waals surface area contributed by atoms with Gasteiger partial charge in [0.1, 0.15) is 0 Å². The van der Waals surface area contributed by atoms with Gasteiger partial charge in [-0.1, -0.05) is 20.3 Å². The molecule has 0 rings (SSSR count). The molecular formula is C8H18S2. The van der Waals surface area contributed by atoms with Gasteiger partial charge in [-0.2, -0.15) is 25.3 Å². The summed E-state index contributed by atoms with van der Waals surface area (Å²) in [5.74, 6) is 0. The molecule has 0 saturated carbocycles. The third kappa shape index (κ3) is 6.81. The van der Waals surface area contributed by atoms with Gasteiger partial charge in [0.25, 0.3) is 0 Å². The van der Waals surface area contributed by atoms with Crippen molar-refractivity contribution in [2.24, 2.45) is 0 Å². The standard InChI is InChI=1S/C8H18S2/c1-3-8(10)6-4-5-7(2)9/h7-10H,3-6H2,1-2H3. The Kier molecular flexibility index (Phi) is 6.86. The maximum Gasteiger partial charge on any atom is 0.00141 e. The molecule has 2 atom stereocenters. The van der Waals surface area contributed by atoms with Crippen molar-refractivity contribution in [3.8, 4) is 0 Å². The Morgan fingerprint density at radius 1 is 1.20 bits per heavy atom. The van der Waals surface area contributed by atoms with Crippen molar-refractivity contribution in [3.63, 3.8) is 0 Å². The third-order valence-electron chi connectivity index (χ3n) is 1.63. The lowest BCUT2D eigenvalue weighted by atomic mass is 10.1. The summed E-state index contributed by atoms with van der Waals surface area (Å²) in [6, 6.07) is 0. The molecule has 0 aliphatic heterocycles. The largest absolute Gasteiger partial charge is 0.176 e. The summed E-state index contributed by atoms with van der Waals surface area (Å²) in [4.78, 5) is 0. The highest BCUT2D eigenvalue weighted by Gasteiger charge is 2.00. The van der Waals surface area contributed by atoms with E-state index in [0.29, 0.717) is 10.5 Å². The summed E-state index contributed by atoms with van der Waals surface area (Å²) < 4.78 is 0. The van der Waals surface area contributed by atoms with E-state index < -0.39 is 0 Å². The van der Waals surface area contributed by atoms with Crippen LogP contribution in [0.1, 0.15) is 39.5 Å². The minimum atomic E-state index is 0.553. The predicted molar refractivity (Wildman–Crippen MR) is 55.4 cm³/mol.